The average Bonchev–Trinajstić information content (AvgIpc) is 2.45. The Hall–Kier alpha value is -0.720. The maximum absolute atomic E-state index is 14.4. The Bertz CT molecular complexity index is 661. The van der Waals surface area contributed by atoms with E-state index in [4.69, 9.17) is 11.6 Å². The molecule has 1 unspecified atom stereocenters. The topological polar surface area (TPSA) is 12.0 Å². The van der Waals surface area contributed by atoms with Gasteiger partial charge in [0.15, 0.2) is 0 Å². The normalized spacial score (nSPS) is 12.5. The van der Waals surface area contributed by atoms with Gasteiger partial charge in [-0.15, -0.1) is 0 Å². The molecule has 112 valence electrons. The fourth-order valence-electron chi connectivity index (χ4n) is 2.23. The van der Waals surface area contributed by atoms with E-state index < -0.39 is 17.7 Å². The van der Waals surface area contributed by atoms with E-state index in [-0.39, 0.29) is 5.56 Å². The molecule has 21 heavy (non-hydrogen) atoms. The van der Waals surface area contributed by atoms with Crippen molar-refractivity contribution < 1.29 is 8.78 Å². The second kappa shape index (κ2) is 7.03. The summed E-state index contributed by atoms with van der Waals surface area (Å²) in [6.45, 7) is 4.11. The first-order valence-electron chi connectivity index (χ1n) is 6.58. The molecule has 1 atom stereocenters. The van der Waals surface area contributed by atoms with Gasteiger partial charge in [-0.3, -0.25) is 0 Å². The first-order valence-corrected chi connectivity index (χ1v) is 8.04. The van der Waals surface area contributed by atoms with Gasteiger partial charge < -0.3 is 5.32 Å². The molecule has 0 saturated carbocycles. The van der Waals surface area contributed by atoms with Crippen LogP contribution in [0.25, 0.3) is 0 Å². The Morgan fingerprint density at radius 3 is 2.57 bits per heavy atom. The lowest BCUT2D eigenvalue weighted by atomic mass is 9.96. The van der Waals surface area contributed by atoms with Crippen LogP contribution in [0, 0.1) is 22.1 Å². The van der Waals surface area contributed by atoms with Gasteiger partial charge in [-0.25, -0.2) is 8.78 Å². The molecule has 2 rings (SSSR count). The molecule has 0 spiro atoms. The zero-order chi connectivity index (χ0) is 15.6. The summed E-state index contributed by atoms with van der Waals surface area (Å²) in [5.74, 6) is -1.07. The summed E-state index contributed by atoms with van der Waals surface area (Å²) in [6, 6.07) is 7.60. The third-order valence-corrected chi connectivity index (χ3v) is 4.87. The lowest BCUT2D eigenvalue weighted by Gasteiger charge is -2.21. The van der Waals surface area contributed by atoms with Crippen molar-refractivity contribution in [3.63, 3.8) is 0 Å². The second-order valence-corrected chi connectivity index (χ2v) is 6.33. The van der Waals surface area contributed by atoms with E-state index in [1.807, 2.05) is 19.1 Å². The molecule has 2 aromatic rings. The van der Waals surface area contributed by atoms with Gasteiger partial charge in [-0.2, -0.15) is 0 Å². The minimum atomic E-state index is -0.565. The SMILES string of the molecule is CCNC(c1ccc(I)c(Cl)c1)c1c(F)ccc(C)c1F. The summed E-state index contributed by atoms with van der Waals surface area (Å²) in [4.78, 5) is 0. The summed E-state index contributed by atoms with van der Waals surface area (Å²) in [5, 5.41) is 3.70. The Labute approximate surface area is 141 Å². The molecular formula is C16H15ClF2IN. The largest absolute Gasteiger partial charge is 0.306 e. The molecule has 5 heteroatoms. The number of halogens is 4. The van der Waals surface area contributed by atoms with Crippen molar-refractivity contribution in [1.82, 2.24) is 5.32 Å². The van der Waals surface area contributed by atoms with E-state index in [9.17, 15) is 8.78 Å². The third-order valence-electron chi connectivity index (χ3n) is 3.29. The van der Waals surface area contributed by atoms with E-state index in [1.165, 1.54) is 12.1 Å². The number of rotatable bonds is 4. The molecule has 0 aromatic heterocycles. The number of nitrogens with one attached hydrogen (secondary N) is 1. The van der Waals surface area contributed by atoms with Crippen LogP contribution in [0.1, 0.15) is 29.7 Å². The molecule has 0 heterocycles. The Kier molecular flexibility index (Phi) is 5.57. The Balaban J connectivity index is 2.58. The second-order valence-electron chi connectivity index (χ2n) is 4.76. The van der Waals surface area contributed by atoms with Crippen molar-refractivity contribution in [3.05, 3.63) is 67.2 Å². The van der Waals surface area contributed by atoms with Gasteiger partial charge in [-0.05, 0) is 65.4 Å². The highest BCUT2D eigenvalue weighted by atomic mass is 127. The highest BCUT2D eigenvalue weighted by Crippen LogP contribution is 2.31. The van der Waals surface area contributed by atoms with Crippen LogP contribution in [-0.4, -0.2) is 6.54 Å². The Morgan fingerprint density at radius 2 is 1.95 bits per heavy atom. The van der Waals surface area contributed by atoms with E-state index in [1.54, 1.807) is 13.0 Å². The number of benzene rings is 2. The van der Waals surface area contributed by atoms with Crippen LogP contribution >= 0.6 is 34.2 Å². The monoisotopic (exact) mass is 421 g/mol. The van der Waals surface area contributed by atoms with Crippen LogP contribution in [0.3, 0.4) is 0 Å². The number of hydrogen-bond donors (Lipinski definition) is 1. The summed E-state index contributed by atoms with van der Waals surface area (Å²) in [6.07, 6.45) is 0. The molecule has 0 aliphatic carbocycles. The van der Waals surface area contributed by atoms with Crippen molar-refractivity contribution in [2.45, 2.75) is 19.9 Å². The first-order chi connectivity index (χ1) is 9.95. The molecule has 0 bridgehead atoms. The molecule has 0 fully saturated rings. The van der Waals surface area contributed by atoms with Crippen LogP contribution in [0.4, 0.5) is 8.78 Å². The molecule has 0 aliphatic rings. The summed E-state index contributed by atoms with van der Waals surface area (Å²) < 4.78 is 29.4. The molecule has 1 N–H and O–H groups in total. The maximum Gasteiger partial charge on any atom is 0.134 e. The quantitative estimate of drug-likeness (QED) is 0.667. The highest BCUT2D eigenvalue weighted by molar-refractivity contribution is 14.1. The molecule has 0 radical (unpaired) electrons. The van der Waals surface area contributed by atoms with Gasteiger partial charge in [0.05, 0.1) is 11.1 Å². The summed E-state index contributed by atoms with van der Waals surface area (Å²) >= 11 is 8.25. The molecule has 0 saturated heterocycles. The van der Waals surface area contributed by atoms with Crippen molar-refractivity contribution in [2.75, 3.05) is 6.54 Å². The van der Waals surface area contributed by atoms with Crippen molar-refractivity contribution in [1.29, 1.82) is 0 Å². The number of aryl methyl sites for hydroxylation is 1. The first kappa shape index (κ1) is 16.6. The fraction of sp³-hybridized carbons (Fsp3) is 0.250. The lowest BCUT2D eigenvalue weighted by molar-refractivity contribution is 0.506. The zero-order valence-corrected chi connectivity index (χ0v) is 14.6. The van der Waals surface area contributed by atoms with Crippen LogP contribution in [-0.2, 0) is 0 Å². The third kappa shape index (κ3) is 3.55. The zero-order valence-electron chi connectivity index (χ0n) is 11.7. The van der Waals surface area contributed by atoms with E-state index >= 15 is 0 Å². The van der Waals surface area contributed by atoms with E-state index in [2.05, 4.69) is 27.9 Å². The minimum absolute atomic E-state index is 0.0362. The Morgan fingerprint density at radius 1 is 1.24 bits per heavy atom. The summed E-state index contributed by atoms with van der Waals surface area (Å²) in [5.41, 5.74) is 1.20. The summed E-state index contributed by atoms with van der Waals surface area (Å²) in [7, 11) is 0. The highest BCUT2D eigenvalue weighted by Gasteiger charge is 2.23. The van der Waals surface area contributed by atoms with Gasteiger partial charge in [0.1, 0.15) is 11.6 Å². The predicted molar refractivity (Wildman–Crippen MR) is 90.8 cm³/mol. The van der Waals surface area contributed by atoms with Gasteiger partial charge in [0.25, 0.3) is 0 Å². The number of hydrogen-bond acceptors (Lipinski definition) is 1. The predicted octanol–water partition coefficient (Wildman–Crippen LogP) is 5.23. The van der Waals surface area contributed by atoms with Gasteiger partial charge in [0.2, 0.25) is 0 Å². The van der Waals surface area contributed by atoms with Crippen LogP contribution in [0.15, 0.2) is 30.3 Å². The molecule has 1 nitrogen and oxygen atoms in total. The minimum Gasteiger partial charge on any atom is -0.306 e. The molecule has 2 aromatic carbocycles. The van der Waals surface area contributed by atoms with Crippen molar-refractivity contribution in [3.8, 4) is 0 Å². The van der Waals surface area contributed by atoms with E-state index in [0.29, 0.717) is 17.1 Å². The van der Waals surface area contributed by atoms with Crippen molar-refractivity contribution >= 4 is 34.2 Å². The fourth-order valence-corrected chi connectivity index (χ4v) is 2.75. The maximum atomic E-state index is 14.4. The molecular weight excluding hydrogens is 407 g/mol. The van der Waals surface area contributed by atoms with Crippen LogP contribution in [0.5, 0.6) is 0 Å². The van der Waals surface area contributed by atoms with Crippen LogP contribution < -0.4 is 5.32 Å². The van der Waals surface area contributed by atoms with Gasteiger partial charge in [-0.1, -0.05) is 30.7 Å². The van der Waals surface area contributed by atoms with Crippen molar-refractivity contribution in [2.24, 2.45) is 0 Å². The van der Waals surface area contributed by atoms with Gasteiger partial charge >= 0.3 is 0 Å². The lowest BCUT2D eigenvalue weighted by Crippen LogP contribution is -2.24. The molecule has 0 amide bonds. The standard InChI is InChI=1S/C16H15ClF2IN/c1-3-21-16(10-5-7-13(20)11(17)8-10)14-12(18)6-4-9(2)15(14)19/h4-8,16,21H,3H2,1-2H3. The average molecular weight is 422 g/mol. The molecule has 0 aliphatic heterocycles. The van der Waals surface area contributed by atoms with Crippen LogP contribution in [0.2, 0.25) is 5.02 Å². The smallest absolute Gasteiger partial charge is 0.134 e. The van der Waals surface area contributed by atoms with E-state index in [0.717, 1.165) is 9.13 Å². The van der Waals surface area contributed by atoms with Gasteiger partial charge in [0, 0.05) is 9.13 Å².